The minimum Gasteiger partial charge on any atom is -0.393 e. The number of hydrogen-bond acceptors (Lipinski definition) is 3. The first-order chi connectivity index (χ1) is 7.59. The van der Waals surface area contributed by atoms with Gasteiger partial charge in [0.2, 0.25) is 0 Å². The quantitative estimate of drug-likeness (QED) is 0.761. The number of thiocarbonyl (C=S) groups is 1. The van der Waals surface area contributed by atoms with E-state index in [9.17, 15) is 0 Å². The van der Waals surface area contributed by atoms with Crippen LogP contribution in [0.5, 0.6) is 0 Å². The van der Waals surface area contributed by atoms with Crippen LogP contribution in [0.2, 0.25) is 0 Å². The van der Waals surface area contributed by atoms with Gasteiger partial charge in [0.15, 0.2) is 0 Å². The van der Waals surface area contributed by atoms with Gasteiger partial charge in [-0.05, 0) is 42.7 Å². The largest absolute Gasteiger partial charge is 0.393 e. The van der Waals surface area contributed by atoms with Crippen molar-refractivity contribution >= 4 is 28.5 Å². The van der Waals surface area contributed by atoms with Gasteiger partial charge in [-0.2, -0.15) is 11.3 Å². The lowest BCUT2D eigenvalue weighted by atomic mass is 10.2. The molecule has 0 radical (unpaired) electrons. The summed E-state index contributed by atoms with van der Waals surface area (Å²) < 4.78 is 0. The summed E-state index contributed by atoms with van der Waals surface area (Å²) in [6, 6.07) is 2.74. The van der Waals surface area contributed by atoms with Gasteiger partial charge in [-0.15, -0.1) is 0 Å². The molecular weight excluding hydrogens is 236 g/mol. The molecule has 1 aromatic rings. The molecule has 1 heterocycles. The Kier molecular flexibility index (Phi) is 5.95. The molecule has 0 saturated carbocycles. The third-order valence-electron chi connectivity index (χ3n) is 2.64. The van der Waals surface area contributed by atoms with Crippen LogP contribution in [0.25, 0.3) is 0 Å². The molecule has 90 valence electrons. The van der Waals surface area contributed by atoms with Crippen molar-refractivity contribution in [1.82, 2.24) is 4.90 Å². The fraction of sp³-hybridized carbons (Fsp3) is 0.583. The second kappa shape index (κ2) is 6.99. The minimum atomic E-state index is 0.549. The summed E-state index contributed by atoms with van der Waals surface area (Å²) in [5, 5.41) is 4.34. The third-order valence-corrected chi connectivity index (χ3v) is 3.58. The number of hydrogen-bond donors (Lipinski definition) is 1. The topological polar surface area (TPSA) is 29.3 Å². The van der Waals surface area contributed by atoms with Gasteiger partial charge < -0.3 is 10.6 Å². The summed E-state index contributed by atoms with van der Waals surface area (Å²) in [5.74, 6) is 0. The van der Waals surface area contributed by atoms with Crippen LogP contribution in [0.15, 0.2) is 16.8 Å². The smallest absolute Gasteiger partial charge is 0.0740 e. The van der Waals surface area contributed by atoms with Crippen molar-refractivity contribution in [1.29, 1.82) is 0 Å². The molecule has 0 fully saturated rings. The van der Waals surface area contributed by atoms with E-state index < -0.39 is 0 Å². The molecular formula is C12H20N2S2. The lowest BCUT2D eigenvalue weighted by Gasteiger charge is -2.26. The number of thiophene rings is 1. The first kappa shape index (κ1) is 13.6. The SMILES string of the molecule is CC(C)N(CCC(N)=S)CCc1ccsc1. The van der Waals surface area contributed by atoms with Crippen molar-refractivity contribution in [3.05, 3.63) is 22.4 Å². The van der Waals surface area contributed by atoms with Crippen LogP contribution in [-0.4, -0.2) is 29.0 Å². The first-order valence-corrected chi connectivity index (χ1v) is 6.98. The highest BCUT2D eigenvalue weighted by Crippen LogP contribution is 2.09. The molecule has 0 amide bonds. The molecule has 0 saturated heterocycles. The molecule has 1 rings (SSSR count). The van der Waals surface area contributed by atoms with Crippen LogP contribution in [-0.2, 0) is 6.42 Å². The average Bonchev–Trinajstić information content (AvgIpc) is 2.69. The predicted octanol–water partition coefficient (Wildman–Crippen LogP) is 2.68. The van der Waals surface area contributed by atoms with E-state index in [1.165, 1.54) is 5.56 Å². The number of nitrogens with two attached hydrogens (primary N) is 1. The summed E-state index contributed by atoms with van der Waals surface area (Å²) in [5.41, 5.74) is 6.96. The molecule has 2 N–H and O–H groups in total. The van der Waals surface area contributed by atoms with Crippen LogP contribution in [0.1, 0.15) is 25.8 Å². The maximum absolute atomic E-state index is 5.54. The second-order valence-corrected chi connectivity index (χ2v) is 5.53. The van der Waals surface area contributed by atoms with Gasteiger partial charge in [0.1, 0.15) is 0 Å². The molecule has 0 unspecified atom stereocenters. The fourth-order valence-electron chi connectivity index (χ4n) is 1.59. The Hall–Kier alpha value is -0.450. The fourth-order valence-corrected chi connectivity index (χ4v) is 2.38. The van der Waals surface area contributed by atoms with Crippen molar-refractivity contribution in [2.24, 2.45) is 5.73 Å². The van der Waals surface area contributed by atoms with E-state index in [2.05, 4.69) is 35.6 Å². The van der Waals surface area contributed by atoms with Crippen LogP contribution >= 0.6 is 23.6 Å². The minimum absolute atomic E-state index is 0.549. The lowest BCUT2D eigenvalue weighted by Crippen LogP contribution is -2.35. The number of nitrogens with zero attached hydrogens (tertiary/aromatic N) is 1. The highest BCUT2D eigenvalue weighted by atomic mass is 32.1. The van der Waals surface area contributed by atoms with Crippen molar-refractivity contribution in [2.45, 2.75) is 32.7 Å². The molecule has 0 atom stereocenters. The van der Waals surface area contributed by atoms with Crippen molar-refractivity contribution < 1.29 is 0 Å². The zero-order chi connectivity index (χ0) is 12.0. The monoisotopic (exact) mass is 256 g/mol. The molecule has 4 heteroatoms. The highest BCUT2D eigenvalue weighted by Gasteiger charge is 2.09. The summed E-state index contributed by atoms with van der Waals surface area (Å²) in [6.45, 7) is 6.48. The molecule has 0 aliphatic carbocycles. The van der Waals surface area contributed by atoms with Crippen LogP contribution in [0.3, 0.4) is 0 Å². The summed E-state index contributed by atoms with van der Waals surface area (Å²) in [4.78, 5) is 3.04. The van der Waals surface area contributed by atoms with Crippen molar-refractivity contribution in [3.63, 3.8) is 0 Å². The molecule has 0 bridgehead atoms. The first-order valence-electron chi connectivity index (χ1n) is 5.63. The lowest BCUT2D eigenvalue weighted by molar-refractivity contribution is 0.231. The molecule has 0 spiro atoms. The second-order valence-electron chi connectivity index (χ2n) is 4.23. The highest BCUT2D eigenvalue weighted by molar-refractivity contribution is 7.80. The van der Waals surface area contributed by atoms with E-state index in [4.69, 9.17) is 18.0 Å². The molecule has 0 aliphatic heterocycles. The standard InChI is InChI=1S/C12H20N2S2/c1-10(2)14(7-4-12(13)15)6-3-11-5-8-16-9-11/h5,8-10H,3-4,6-7H2,1-2H3,(H2,13,15). The summed E-state index contributed by atoms with van der Waals surface area (Å²) in [6.07, 6.45) is 1.93. The van der Waals surface area contributed by atoms with Gasteiger partial charge in [-0.25, -0.2) is 0 Å². The number of rotatable bonds is 7. The van der Waals surface area contributed by atoms with Crippen molar-refractivity contribution in [3.8, 4) is 0 Å². The Bertz CT molecular complexity index is 307. The van der Waals surface area contributed by atoms with Crippen LogP contribution < -0.4 is 5.73 Å². The van der Waals surface area contributed by atoms with Gasteiger partial charge >= 0.3 is 0 Å². The molecule has 0 aromatic carbocycles. The van der Waals surface area contributed by atoms with E-state index >= 15 is 0 Å². The Morgan fingerprint density at radius 2 is 2.25 bits per heavy atom. The molecule has 1 aromatic heterocycles. The molecule has 16 heavy (non-hydrogen) atoms. The Balaban J connectivity index is 2.36. The van der Waals surface area contributed by atoms with Gasteiger partial charge in [0, 0.05) is 25.6 Å². The van der Waals surface area contributed by atoms with Gasteiger partial charge in [-0.1, -0.05) is 12.2 Å². The zero-order valence-corrected chi connectivity index (χ0v) is 11.6. The van der Waals surface area contributed by atoms with E-state index in [1.807, 2.05) is 0 Å². The van der Waals surface area contributed by atoms with Crippen LogP contribution in [0.4, 0.5) is 0 Å². The van der Waals surface area contributed by atoms with E-state index in [0.717, 1.165) is 25.9 Å². The average molecular weight is 256 g/mol. The van der Waals surface area contributed by atoms with E-state index in [-0.39, 0.29) is 0 Å². The van der Waals surface area contributed by atoms with E-state index in [0.29, 0.717) is 11.0 Å². The Morgan fingerprint density at radius 3 is 2.75 bits per heavy atom. The Morgan fingerprint density at radius 1 is 1.50 bits per heavy atom. The van der Waals surface area contributed by atoms with Gasteiger partial charge in [0.25, 0.3) is 0 Å². The third kappa shape index (κ3) is 5.05. The Labute approximate surface area is 107 Å². The maximum atomic E-state index is 5.54. The molecule has 0 aliphatic rings. The van der Waals surface area contributed by atoms with Gasteiger partial charge in [0.05, 0.1) is 4.99 Å². The normalized spacial score (nSPS) is 11.2. The van der Waals surface area contributed by atoms with E-state index in [1.54, 1.807) is 11.3 Å². The molecule has 2 nitrogen and oxygen atoms in total. The van der Waals surface area contributed by atoms with Crippen molar-refractivity contribution in [2.75, 3.05) is 13.1 Å². The summed E-state index contributed by atoms with van der Waals surface area (Å²) >= 11 is 6.68. The predicted molar refractivity (Wildman–Crippen MR) is 76.1 cm³/mol. The summed E-state index contributed by atoms with van der Waals surface area (Å²) in [7, 11) is 0. The van der Waals surface area contributed by atoms with Crippen LogP contribution in [0, 0.1) is 0 Å². The maximum Gasteiger partial charge on any atom is 0.0740 e. The van der Waals surface area contributed by atoms with Gasteiger partial charge in [-0.3, -0.25) is 0 Å². The zero-order valence-electron chi connectivity index (χ0n) is 9.98.